The maximum atomic E-state index is 6.18. The zero-order valence-corrected chi connectivity index (χ0v) is 12.5. The first-order valence-electron chi connectivity index (χ1n) is 6.24. The molecular weight excluding hydrogens is 281 g/mol. The molecule has 2 rings (SSSR count). The molecule has 0 aliphatic heterocycles. The molecule has 1 N–H and O–H groups in total. The zero-order chi connectivity index (χ0) is 13.8. The highest BCUT2D eigenvalue weighted by molar-refractivity contribution is 6.33. The minimum absolute atomic E-state index is 0.443. The molecule has 0 spiro atoms. The predicted molar refractivity (Wildman–Crippen MR) is 79.8 cm³/mol. The SMILES string of the molecule is CC(C)NCc1ccnn1Cc1cc(Cl)ccc1Cl. The summed E-state index contributed by atoms with van der Waals surface area (Å²) in [4.78, 5) is 0. The van der Waals surface area contributed by atoms with Crippen LogP contribution in [0.25, 0.3) is 0 Å². The van der Waals surface area contributed by atoms with Crippen molar-refractivity contribution in [3.8, 4) is 0 Å². The summed E-state index contributed by atoms with van der Waals surface area (Å²) in [5, 5.41) is 9.11. The third-order valence-electron chi connectivity index (χ3n) is 2.82. The quantitative estimate of drug-likeness (QED) is 0.911. The second-order valence-electron chi connectivity index (χ2n) is 4.75. The molecule has 2 aromatic rings. The molecule has 1 aromatic carbocycles. The van der Waals surface area contributed by atoms with Crippen molar-refractivity contribution in [2.75, 3.05) is 0 Å². The number of nitrogens with zero attached hydrogens (tertiary/aromatic N) is 2. The molecule has 1 aromatic heterocycles. The first-order valence-corrected chi connectivity index (χ1v) is 7.00. The summed E-state index contributed by atoms with van der Waals surface area (Å²) < 4.78 is 1.94. The standard InChI is InChI=1S/C14H17Cl2N3/c1-10(2)17-8-13-5-6-18-19(13)9-11-7-12(15)3-4-14(11)16/h3-7,10,17H,8-9H2,1-2H3. The second-order valence-corrected chi connectivity index (χ2v) is 5.60. The number of halogens is 2. The van der Waals surface area contributed by atoms with E-state index in [-0.39, 0.29) is 0 Å². The fourth-order valence-electron chi connectivity index (χ4n) is 1.79. The topological polar surface area (TPSA) is 29.9 Å². The Morgan fingerprint density at radius 3 is 2.79 bits per heavy atom. The number of rotatable bonds is 5. The Hall–Kier alpha value is -1.03. The summed E-state index contributed by atoms with van der Waals surface area (Å²) in [7, 11) is 0. The summed E-state index contributed by atoms with van der Waals surface area (Å²) in [5.41, 5.74) is 2.11. The van der Waals surface area contributed by atoms with E-state index in [1.54, 1.807) is 12.3 Å². The van der Waals surface area contributed by atoms with Crippen LogP contribution in [0.5, 0.6) is 0 Å². The van der Waals surface area contributed by atoms with Gasteiger partial charge in [-0.2, -0.15) is 5.10 Å². The van der Waals surface area contributed by atoms with Gasteiger partial charge < -0.3 is 5.32 Å². The van der Waals surface area contributed by atoms with E-state index in [1.807, 2.05) is 22.9 Å². The number of benzene rings is 1. The van der Waals surface area contributed by atoms with Crippen LogP contribution >= 0.6 is 23.2 Å². The van der Waals surface area contributed by atoms with Crippen LogP contribution in [0.1, 0.15) is 25.1 Å². The summed E-state index contributed by atoms with van der Waals surface area (Å²) in [6, 6.07) is 7.93. The fourth-order valence-corrected chi connectivity index (χ4v) is 2.16. The van der Waals surface area contributed by atoms with Gasteiger partial charge in [-0.1, -0.05) is 37.0 Å². The molecule has 5 heteroatoms. The molecule has 0 unspecified atom stereocenters. The van der Waals surface area contributed by atoms with E-state index >= 15 is 0 Å². The van der Waals surface area contributed by atoms with Crippen molar-refractivity contribution in [2.24, 2.45) is 0 Å². The lowest BCUT2D eigenvalue weighted by molar-refractivity contribution is 0.547. The Balaban J connectivity index is 2.15. The highest BCUT2D eigenvalue weighted by Gasteiger charge is 2.07. The molecule has 0 radical (unpaired) electrons. The van der Waals surface area contributed by atoms with Crippen molar-refractivity contribution in [3.63, 3.8) is 0 Å². The van der Waals surface area contributed by atoms with Crippen molar-refractivity contribution in [2.45, 2.75) is 33.0 Å². The molecule has 0 aliphatic carbocycles. The smallest absolute Gasteiger partial charge is 0.0678 e. The van der Waals surface area contributed by atoms with Gasteiger partial charge in [0.2, 0.25) is 0 Å². The number of hydrogen-bond acceptors (Lipinski definition) is 2. The minimum Gasteiger partial charge on any atom is -0.309 e. The lowest BCUT2D eigenvalue weighted by atomic mass is 10.2. The lowest BCUT2D eigenvalue weighted by Crippen LogP contribution is -2.23. The molecule has 0 saturated carbocycles. The van der Waals surface area contributed by atoms with Crippen LogP contribution in [0.15, 0.2) is 30.5 Å². The van der Waals surface area contributed by atoms with Crippen LogP contribution in [-0.4, -0.2) is 15.8 Å². The van der Waals surface area contributed by atoms with Gasteiger partial charge in [-0.25, -0.2) is 0 Å². The molecule has 0 fully saturated rings. The molecule has 19 heavy (non-hydrogen) atoms. The van der Waals surface area contributed by atoms with E-state index in [2.05, 4.69) is 24.3 Å². The first-order chi connectivity index (χ1) is 9.06. The summed E-state index contributed by atoms with van der Waals surface area (Å²) in [5.74, 6) is 0. The number of nitrogens with one attached hydrogen (secondary N) is 1. The van der Waals surface area contributed by atoms with E-state index in [0.29, 0.717) is 22.6 Å². The van der Waals surface area contributed by atoms with E-state index in [4.69, 9.17) is 23.2 Å². The van der Waals surface area contributed by atoms with Crippen molar-refractivity contribution in [3.05, 3.63) is 51.8 Å². The van der Waals surface area contributed by atoms with Crippen LogP contribution in [-0.2, 0) is 13.1 Å². The van der Waals surface area contributed by atoms with E-state index in [1.165, 1.54) is 0 Å². The number of aromatic nitrogens is 2. The van der Waals surface area contributed by atoms with Crippen LogP contribution in [0.4, 0.5) is 0 Å². The molecule has 0 amide bonds. The minimum atomic E-state index is 0.443. The molecular formula is C14H17Cl2N3. The molecule has 3 nitrogen and oxygen atoms in total. The normalized spacial score (nSPS) is 11.2. The van der Waals surface area contributed by atoms with Gasteiger partial charge in [0, 0.05) is 28.8 Å². The third kappa shape index (κ3) is 3.96. The predicted octanol–water partition coefficient (Wildman–Crippen LogP) is 3.74. The maximum Gasteiger partial charge on any atom is 0.0678 e. The second kappa shape index (κ2) is 6.42. The molecule has 0 atom stereocenters. The van der Waals surface area contributed by atoms with Gasteiger partial charge in [0.05, 0.1) is 12.2 Å². The Morgan fingerprint density at radius 1 is 1.26 bits per heavy atom. The van der Waals surface area contributed by atoms with E-state index in [0.717, 1.165) is 17.8 Å². The summed E-state index contributed by atoms with van der Waals surface area (Å²) >= 11 is 12.2. The highest BCUT2D eigenvalue weighted by Crippen LogP contribution is 2.21. The molecule has 0 aliphatic rings. The van der Waals surface area contributed by atoms with Gasteiger partial charge in [-0.15, -0.1) is 0 Å². The molecule has 0 saturated heterocycles. The van der Waals surface area contributed by atoms with Crippen molar-refractivity contribution < 1.29 is 0 Å². The fraction of sp³-hybridized carbons (Fsp3) is 0.357. The Bertz CT molecular complexity index is 549. The van der Waals surface area contributed by atoms with Crippen molar-refractivity contribution in [1.82, 2.24) is 15.1 Å². The van der Waals surface area contributed by atoms with Gasteiger partial charge in [-0.05, 0) is 29.8 Å². The largest absolute Gasteiger partial charge is 0.309 e. The Kier molecular flexibility index (Phi) is 4.86. The molecule has 102 valence electrons. The summed E-state index contributed by atoms with van der Waals surface area (Å²) in [6.45, 7) is 5.65. The molecule has 0 bridgehead atoms. The van der Waals surface area contributed by atoms with E-state index in [9.17, 15) is 0 Å². The number of hydrogen-bond donors (Lipinski definition) is 1. The van der Waals surface area contributed by atoms with Crippen LogP contribution in [0.3, 0.4) is 0 Å². The average molecular weight is 298 g/mol. The zero-order valence-electron chi connectivity index (χ0n) is 11.0. The van der Waals surface area contributed by atoms with Crippen molar-refractivity contribution in [1.29, 1.82) is 0 Å². The van der Waals surface area contributed by atoms with Gasteiger partial charge in [-0.3, -0.25) is 4.68 Å². The van der Waals surface area contributed by atoms with Crippen molar-refractivity contribution >= 4 is 23.2 Å². The average Bonchev–Trinajstić information content (AvgIpc) is 2.79. The van der Waals surface area contributed by atoms with Gasteiger partial charge in [0.1, 0.15) is 0 Å². The Morgan fingerprint density at radius 2 is 2.05 bits per heavy atom. The van der Waals surface area contributed by atoms with Gasteiger partial charge in [0.25, 0.3) is 0 Å². The van der Waals surface area contributed by atoms with Crippen LogP contribution in [0.2, 0.25) is 10.0 Å². The lowest BCUT2D eigenvalue weighted by Gasteiger charge is -2.12. The first kappa shape index (κ1) is 14.4. The van der Waals surface area contributed by atoms with Crippen LogP contribution < -0.4 is 5.32 Å². The van der Waals surface area contributed by atoms with E-state index < -0.39 is 0 Å². The summed E-state index contributed by atoms with van der Waals surface area (Å²) in [6.07, 6.45) is 1.80. The third-order valence-corrected chi connectivity index (χ3v) is 3.43. The highest BCUT2D eigenvalue weighted by atomic mass is 35.5. The molecule has 1 heterocycles. The monoisotopic (exact) mass is 297 g/mol. The van der Waals surface area contributed by atoms with Gasteiger partial charge in [0.15, 0.2) is 0 Å². The maximum absolute atomic E-state index is 6.18. The van der Waals surface area contributed by atoms with Gasteiger partial charge >= 0.3 is 0 Å². The Labute approximate surface area is 123 Å². The van der Waals surface area contributed by atoms with Crippen LogP contribution in [0, 0.1) is 0 Å².